The first kappa shape index (κ1) is 15.7. The summed E-state index contributed by atoms with van der Waals surface area (Å²) >= 11 is 0. The molecule has 0 spiro atoms. The van der Waals surface area contributed by atoms with Crippen molar-refractivity contribution in [3.8, 4) is 0 Å². The lowest BCUT2D eigenvalue weighted by Crippen LogP contribution is -2.15. The van der Waals surface area contributed by atoms with Gasteiger partial charge in [-0.2, -0.15) is 0 Å². The van der Waals surface area contributed by atoms with Gasteiger partial charge >= 0.3 is 5.97 Å². The fourth-order valence-corrected chi connectivity index (χ4v) is 2.25. The highest BCUT2D eigenvalue weighted by molar-refractivity contribution is 5.72. The Morgan fingerprint density at radius 1 is 0.947 bits per heavy atom. The Morgan fingerprint density at radius 3 is 1.79 bits per heavy atom. The van der Waals surface area contributed by atoms with Crippen LogP contribution in [0.5, 0.6) is 0 Å². The van der Waals surface area contributed by atoms with Crippen LogP contribution >= 0.6 is 0 Å². The molecule has 0 saturated carbocycles. The molecule has 0 fully saturated rings. The summed E-state index contributed by atoms with van der Waals surface area (Å²) in [5.41, 5.74) is 7.61. The molecule has 1 atom stereocenters. The molecule has 1 rings (SSSR count). The van der Waals surface area contributed by atoms with E-state index in [0.717, 1.165) is 12.0 Å². The Morgan fingerprint density at radius 2 is 1.37 bits per heavy atom. The van der Waals surface area contributed by atoms with E-state index in [0.29, 0.717) is 6.61 Å². The summed E-state index contributed by atoms with van der Waals surface area (Å²) in [6.45, 7) is 15.0. The molecule has 106 valence electrons. The maximum atomic E-state index is 11.8. The fourth-order valence-electron chi connectivity index (χ4n) is 2.25. The van der Waals surface area contributed by atoms with Gasteiger partial charge in [0.15, 0.2) is 0 Å². The van der Waals surface area contributed by atoms with E-state index in [1.54, 1.807) is 0 Å². The van der Waals surface area contributed by atoms with E-state index in [1.165, 1.54) is 27.8 Å². The first-order valence-electron chi connectivity index (χ1n) is 7.03. The average molecular weight is 262 g/mol. The maximum absolute atomic E-state index is 11.8. The Kier molecular flexibility index (Phi) is 5.16. The van der Waals surface area contributed by atoms with Gasteiger partial charge in [0.2, 0.25) is 0 Å². The van der Waals surface area contributed by atoms with Crippen LogP contribution in [0.2, 0.25) is 0 Å². The molecular weight excluding hydrogens is 236 g/mol. The van der Waals surface area contributed by atoms with Crippen LogP contribution in [0.4, 0.5) is 0 Å². The third-order valence-electron chi connectivity index (χ3n) is 4.53. The zero-order valence-corrected chi connectivity index (χ0v) is 13.3. The van der Waals surface area contributed by atoms with Crippen LogP contribution < -0.4 is 0 Å². The lowest BCUT2D eigenvalue weighted by molar-refractivity contribution is -0.149. The molecule has 0 bridgehead atoms. The maximum Gasteiger partial charge on any atom is 0.308 e. The molecule has 0 aliphatic heterocycles. The summed E-state index contributed by atoms with van der Waals surface area (Å²) in [6, 6.07) is 0. The molecule has 0 radical (unpaired) electrons. The molecule has 2 nitrogen and oxygen atoms in total. The van der Waals surface area contributed by atoms with Crippen molar-refractivity contribution in [1.82, 2.24) is 0 Å². The number of hydrogen-bond donors (Lipinski definition) is 0. The number of hydrogen-bond acceptors (Lipinski definition) is 2. The van der Waals surface area contributed by atoms with Gasteiger partial charge in [-0.3, -0.25) is 4.79 Å². The smallest absolute Gasteiger partial charge is 0.308 e. The summed E-state index contributed by atoms with van der Waals surface area (Å²) in [7, 11) is 0. The number of rotatable bonds is 4. The SMILES string of the molecule is CCC(C)C(=O)OCc1c(C)c(C)c(C)c(C)c1C. The Balaban J connectivity index is 3.00. The van der Waals surface area contributed by atoms with Gasteiger partial charge < -0.3 is 4.74 Å². The van der Waals surface area contributed by atoms with E-state index in [-0.39, 0.29) is 11.9 Å². The van der Waals surface area contributed by atoms with Crippen LogP contribution in [0.1, 0.15) is 53.6 Å². The van der Waals surface area contributed by atoms with Crippen LogP contribution in [0, 0.1) is 40.5 Å². The standard InChI is InChI=1S/C17H26O2/c1-8-10(2)17(18)19-9-16-14(6)12(4)11(3)13(5)15(16)7/h10H,8-9H2,1-7H3. The number of carbonyl (C=O) groups is 1. The molecule has 0 amide bonds. The molecular formula is C17H26O2. The highest BCUT2D eigenvalue weighted by Crippen LogP contribution is 2.26. The van der Waals surface area contributed by atoms with Crippen LogP contribution in [0.25, 0.3) is 0 Å². The van der Waals surface area contributed by atoms with Crippen molar-refractivity contribution in [3.63, 3.8) is 0 Å². The van der Waals surface area contributed by atoms with Crippen molar-refractivity contribution in [2.75, 3.05) is 0 Å². The quantitative estimate of drug-likeness (QED) is 0.755. The van der Waals surface area contributed by atoms with Crippen LogP contribution in [0.3, 0.4) is 0 Å². The first-order chi connectivity index (χ1) is 8.81. The van der Waals surface area contributed by atoms with Gasteiger partial charge in [-0.05, 0) is 74.4 Å². The predicted octanol–water partition coefficient (Wildman–Crippen LogP) is 4.32. The second-order valence-electron chi connectivity index (χ2n) is 5.52. The summed E-state index contributed by atoms with van der Waals surface area (Å²) in [6.07, 6.45) is 0.822. The lowest BCUT2D eigenvalue weighted by atomic mass is 9.90. The average Bonchev–Trinajstić information content (AvgIpc) is 2.41. The molecule has 0 saturated heterocycles. The van der Waals surface area contributed by atoms with E-state index < -0.39 is 0 Å². The summed E-state index contributed by atoms with van der Waals surface area (Å²) in [5, 5.41) is 0. The minimum Gasteiger partial charge on any atom is -0.461 e. The highest BCUT2D eigenvalue weighted by Gasteiger charge is 2.16. The first-order valence-corrected chi connectivity index (χ1v) is 7.03. The van der Waals surface area contributed by atoms with Crippen molar-refractivity contribution in [2.45, 2.75) is 61.5 Å². The third kappa shape index (κ3) is 3.17. The normalized spacial score (nSPS) is 12.4. The fraction of sp³-hybridized carbons (Fsp3) is 0.588. The van der Waals surface area contributed by atoms with Crippen LogP contribution in [-0.4, -0.2) is 5.97 Å². The van der Waals surface area contributed by atoms with E-state index in [1.807, 2.05) is 13.8 Å². The summed E-state index contributed by atoms with van der Waals surface area (Å²) in [5.74, 6) is -0.120. The van der Waals surface area contributed by atoms with E-state index in [4.69, 9.17) is 4.74 Å². The summed E-state index contributed by atoms with van der Waals surface area (Å²) < 4.78 is 5.45. The monoisotopic (exact) mass is 262 g/mol. The third-order valence-corrected chi connectivity index (χ3v) is 4.53. The molecule has 19 heavy (non-hydrogen) atoms. The second-order valence-corrected chi connectivity index (χ2v) is 5.52. The molecule has 1 aromatic rings. The Labute approximate surface area is 117 Å². The van der Waals surface area contributed by atoms with E-state index in [2.05, 4.69) is 34.6 Å². The zero-order chi connectivity index (χ0) is 14.7. The number of esters is 1. The van der Waals surface area contributed by atoms with Gasteiger partial charge in [-0.1, -0.05) is 13.8 Å². The van der Waals surface area contributed by atoms with Crippen LogP contribution in [-0.2, 0) is 16.1 Å². The molecule has 0 aromatic heterocycles. The van der Waals surface area contributed by atoms with Crippen molar-refractivity contribution < 1.29 is 9.53 Å². The number of carbonyl (C=O) groups excluding carboxylic acids is 1. The van der Waals surface area contributed by atoms with Gasteiger partial charge in [0.05, 0.1) is 5.92 Å². The minimum atomic E-state index is -0.0998. The largest absolute Gasteiger partial charge is 0.461 e. The van der Waals surface area contributed by atoms with Gasteiger partial charge in [0.1, 0.15) is 6.61 Å². The van der Waals surface area contributed by atoms with Crippen LogP contribution in [0.15, 0.2) is 0 Å². The molecule has 1 aromatic carbocycles. The lowest BCUT2D eigenvalue weighted by Gasteiger charge is -2.19. The highest BCUT2D eigenvalue weighted by atomic mass is 16.5. The number of ether oxygens (including phenoxy) is 1. The summed E-state index contributed by atoms with van der Waals surface area (Å²) in [4.78, 5) is 11.8. The molecule has 0 N–H and O–H groups in total. The van der Waals surface area contributed by atoms with Gasteiger partial charge in [-0.15, -0.1) is 0 Å². The Bertz CT molecular complexity index is 458. The van der Waals surface area contributed by atoms with Gasteiger partial charge in [0, 0.05) is 0 Å². The van der Waals surface area contributed by atoms with Crippen molar-refractivity contribution in [2.24, 2.45) is 5.92 Å². The minimum absolute atomic E-state index is 0.0201. The van der Waals surface area contributed by atoms with E-state index >= 15 is 0 Å². The van der Waals surface area contributed by atoms with Crippen molar-refractivity contribution >= 4 is 5.97 Å². The second kappa shape index (κ2) is 6.23. The predicted molar refractivity (Wildman–Crippen MR) is 79.4 cm³/mol. The van der Waals surface area contributed by atoms with Gasteiger partial charge in [-0.25, -0.2) is 0 Å². The topological polar surface area (TPSA) is 26.3 Å². The van der Waals surface area contributed by atoms with Gasteiger partial charge in [0.25, 0.3) is 0 Å². The van der Waals surface area contributed by atoms with Crippen molar-refractivity contribution in [1.29, 1.82) is 0 Å². The number of benzene rings is 1. The molecule has 2 heteroatoms. The molecule has 1 unspecified atom stereocenters. The zero-order valence-electron chi connectivity index (χ0n) is 13.3. The molecule has 0 heterocycles. The Hall–Kier alpha value is -1.31. The van der Waals surface area contributed by atoms with E-state index in [9.17, 15) is 4.79 Å². The van der Waals surface area contributed by atoms with Crippen molar-refractivity contribution in [3.05, 3.63) is 33.4 Å². The molecule has 0 aliphatic carbocycles. The molecule has 0 aliphatic rings.